The molecule has 1 saturated carbocycles. The molecule has 0 aliphatic heterocycles. The summed E-state index contributed by atoms with van der Waals surface area (Å²) in [4.78, 5) is 11.5. The van der Waals surface area contributed by atoms with E-state index in [1.165, 1.54) is 44.8 Å². The van der Waals surface area contributed by atoms with E-state index in [0.29, 0.717) is 11.5 Å². The summed E-state index contributed by atoms with van der Waals surface area (Å²) in [6.45, 7) is 0. The number of methoxy groups -OCH3 is 1. The summed E-state index contributed by atoms with van der Waals surface area (Å²) in [6.07, 6.45) is 6.65. The molecule has 1 fully saturated rings. The van der Waals surface area contributed by atoms with Crippen LogP contribution in [0.15, 0.2) is 59.1 Å². The highest BCUT2D eigenvalue weighted by Gasteiger charge is 2.16. The van der Waals surface area contributed by atoms with Crippen LogP contribution < -0.4 is 0 Å². The van der Waals surface area contributed by atoms with Gasteiger partial charge < -0.3 is 9.26 Å². The average Bonchev–Trinajstić information content (AvgIpc) is 3.24. The molecule has 2 aromatic carbocycles. The SMILES string of the molecule is COC(=O)c1ccc(-c2cc(-c3ccc(C4CCCCC4)cc3)on2)cc1. The minimum Gasteiger partial charge on any atom is -0.465 e. The highest BCUT2D eigenvalue weighted by Crippen LogP contribution is 2.34. The fourth-order valence-corrected chi connectivity index (χ4v) is 3.80. The van der Waals surface area contributed by atoms with Crippen LogP contribution in [-0.4, -0.2) is 18.2 Å². The van der Waals surface area contributed by atoms with Gasteiger partial charge in [-0.1, -0.05) is 60.8 Å². The van der Waals surface area contributed by atoms with Crippen molar-refractivity contribution in [1.29, 1.82) is 0 Å². The van der Waals surface area contributed by atoms with Crippen molar-refractivity contribution >= 4 is 5.97 Å². The molecule has 1 aliphatic rings. The Kier molecular flexibility index (Phi) is 5.05. The summed E-state index contributed by atoms with van der Waals surface area (Å²) in [5.74, 6) is 1.10. The molecule has 0 spiro atoms. The molecular weight excluding hydrogens is 338 g/mol. The summed E-state index contributed by atoms with van der Waals surface area (Å²) < 4.78 is 10.3. The summed E-state index contributed by atoms with van der Waals surface area (Å²) in [5.41, 5.74) is 4.62. The number of aromatic nitrogens is 1. The monoisotopic (exact) mass is 361 g/mol. The number of carbonyl (C=O) groups is 1. The molecule has 0 bridgehead atoms. The number of carbonyl (C=O) groups excluding carboxylic acids is 1. The quantitative estimate of drug-likeness (QED) is 0.548. The fourth-order valence-electron chi connectivity index (χ4n) is 3.80. The van der Waals surface area contributed by atoms with Crippen molar-refractivity contribution in [3.8, 4) is 22.6 Å². The highest BCUT2D eigenvalue weighted by molar-refractivity contribution is 5.89. The Morgan fingerprint density at radius 3 is 2.30 bits per heavy atom. The molecule has 0 saturated heterocycles. The molecule has 3 aromatic rings. The van der Waals surface area contributed by atoms with Crippen LogP contribution >= 0.6 is 0 Å². The van der Waals surface area contributed by atoms with Crippen LogP contribution in [0.25, 0.3) is 22.6 Å². The lowest BCUT2D eigenvalue weighted by atomic mass is 9.84. The molecule has 4 heteroatoms. The van der Waals surface area contributed by atoms with E-state index in [1.807, 2.05) is 18.2 Å². The van der Waals surface area contributed by atoms with Gasteiger partial charge in [-0.3, -0.25) is 0 Å². The number of hydrogen-bond acceptors (Lipinski definition) is 4. The number of rotatable bonds is 4. The van der Waals surface area contributed by atoms with Crippen LogP contribution in [0.3, 0.4) is 0 Å². The Balaban J connectivity index is 1.51. The van der Waals surface area contributed by atoms with E-state index < -0.39 is 0 Å². The van der Waals surface area contributed by atoms with Crippen molar-refractivity contribution in [3.63, 3.8) is 0 Å². The first-order valence-electron chi connectivity index (χ1n) is 9.50. The van der Waals surface area contributed by atoms with Crippen molar-refractivity contribution in [3.05, 3.63) is 65.7 Å². The van der Waals surface area contributed by atoms with Gasteiger partial charge >= 0.3 is 5.97 Å². The lowest BCUT2D eigenvalue weighted by Crippen LogP contribution is -2.04. The molecule has 1 aliphatic carbocycles. The van der Waals surface area contributed by atoms with E-state index in [0.717, 1.165) is 22.6 Å². The molecule has 0 N–H and O–H groups in total. The zero-order valence-electron chi connectivity index (χ0n) is 15.5. The van der Waals surface area contributed by atoms with Gasteiger partial charge in [-0.2, -0.15) is 0 Å². The van der Waals surface area contributed by atoms with Crippen LogP contribution in [0.2, 0.25) is 0 Å². The molecule has 138 valence electrons. The largest absolute Gasteiger partial charge is 0.465 e. The molecular formula is C23H23NO3. The van der Waals surface area contributed by atoms with Gasteiger partial charge in [0.15, 0.2) is 5.76 Å². The molecule has 0 radical (unpaired) electrons. The molecule has 4 rings (SSSR count). The Labute approximate surface area is 159 Å². The molecule has 1 aromatic heterocycles. The molecule has 1 heterocycles. The van der Waals surface area contributed by atoms with E-state index in [9.17, 15) is 4.79 Å². The summed E-state index contributed by atoms with van der Waals surface area (Å²) in [6, 6.07) is 17.8. The maximum Gasteiger partial charge on any atom is 0.337 e. The topological polar surface area (TPSA) is 52.3 Å². The second-order valence-electron chi connectivity index (χ2n) is 7.10. The first-order valence-corrected chi connectivity index (χ1v) is 9.50. The molecule has 0 unspecified atom stereocenters. The summed E-state index contributed by atoms with van der Waals surface area (Å²) in [5, 5.41) is 4.18. The first kappa shape index (κ1) is 17.5. The van der Waals surface area contributed by atoms with Crippen molar-refractivity contribution in [2.24, 2.45) is 0 Å². The first-order chi connectivity index (χ1) is 13.2. The Morgan fingerprint density at radius 2 is 1.63 bits per heavy atom. The third kappa shape index (κ3) is 3.80. The smallest absolute Gasteiger partial charge is 0.337 e. The van der Waals surface area contributed by atoms with Gasteiger partial charge in [0.25, 0.3) is 0 Å². The lowest BCUT2D eigenvalue weighted by Gasteiger charge is -2.21. The zero-order chi connectivity index (χ0) is 18.6. The van der Waals surface area contributed by atoms with Gasteiger partial charge in [-0.15, -0.1) is 0 Å². The van der Waals surface area contributed by atoms with E-state index in [2.05, 4.69) is 29.4 Å². The van der Waals surface area contributed by atoms with E-state index in [4.69, 9.17) is 9.26 Å². The second kappa shape index (κ2) is 7.78. The third-order valence-electron chi connectivity index (χ3n) is 5.38. The zero-order valence-corrected chi connectivity index (χ0v) is 15.5. The summed E-state index contributed by atoms with van der Waals surface area (Å²) in [7, 11) is 1.37. The fraction of sp³-hybridized carbons (Fsp3) is 0.304. The van der Waals surface area contributed by atoms with Crippen LogP contribution in [0.5, 0.6) is 0 Å². The van der Waals surface area contributed by atoms with E-state index >= 15 is 0 Å². The van der Waals surface area contributed by atoms with Crippen LogP contribution in [0.4, 0.5) is 0 Å². The predicted octanol–water partition coefficient (Wildman–Crippen LogP) is 5.84. The standard InChI is InChI=1S/C23H23NO3/c1-26-23(25)20-13-9-18(10-14-20)21-15-22(27-24-21)19-11-7-17(8-12-19)16-5-3-2-4-6-16/h7-16H,2-6H2,1H3. The molecule has 27 heavy (non-hydrogen) atoms. The van der Waals surface area contributed by atoms with Crippen molar-refractivity contribution in [1.82, 2.24) is 5.16 Å². The summed E-state index contributed by atoms with van der Waals surface area (Å²) >= 11 is 0. The van der Waals surface area contributed by atoms with E-state index in [1.54, 1.807) is 12.1 Å². The maximum absolute atomic E-state index is 11.5. The number of hydrogen-bond donors (Lipinski definition) is 0. The Morgan fingerprint density at radius 1 is 0.963 bits per heavy atom. The van der Waals surface area contributed by atoms with Crippen molar-refractivity contribution in [2.45, 2.75) is 38.0 Å². The number of nitrogens with zero attached hydrogens (tertiary/aromatic N) is 1. The Hall–Kier alpha value is -2.88. The van der Waals surface area contributed by atoms with E-state index in [-0.39, 0.29) is 5.97 Å². The molecule has 0 atom stereocenters. The van der Waals surface area contributed by atoms with Gasteiger partial charge in [-0.05, 0) is 36.5 Å². The van der Waals surface area contributed by atoms with Gasteiger partial charge in [0.05, 0.1) is 12.7 Å². The molecule has 4 nitrogen and oxygen atoms in total. The minimum absolute atomic E-state index is 0.347. The van der Waals surface area contributed by atoms with Crippen molar-refractivity contribution in [2.75, 3.05) is 7.11 Å². The third-order valence-corrected chi connectivity index (χ3v) is 5.38. The normalized spacial score (nSPS) is 14.9. The Bertz CT molecular complexity index is 904. The number of benzene rings is 2. The average molecular weight is 361 g/mol. The predicted molar refractivity (Wildman–Crippen MR) is 105 cm³/mol. The van der Waals surface area contributed by atoms with Crippen molar-refractivity contribution < 1.29 is 14.1 Å². The second-order valence-corrected chi connectivity index (χ2v) is 7.10. The minimum atomic E-state index is -0.347. The van der Waals surface area contributed by atoms with Gasteiger partial charge in [0, 0.05) is 17.2 Å². The molecule has 0 amide bonds. The van der Waals surface area contributed by atoms with Gasteiger partial charge in [-0.25, -0.2) is 4.79 Å². The van der Waals surface area contributed by atoms with Crippen LogP contribution in [-0.2, 0) is 4.74 Å². The highest BCUT2D eigenvalue weighted by atomic mass is 16.5. The number of ether oxygens (including phenoxy) is 1. The number of esters is 1. The maximum atomic E-state index is 11.5. The van der Waals surface area contributed by atoms with Gasteiger partial charge in [0.1, 0.15) is 5.69 Å². The lowest BCUT2D eigenvalue weighted by molar-refractivity contribution is 0.0601. The van der Waals surface area contributed by atoms with Crippen LogP contribution in [0, 0.1) is 0 Å². The van der Waals surface area contributed by atoms with Crippen LogP contribution in [0.1, 0.15) is 53.9 Å². The van der Waals surface area contributed by atoms with Gasteiger partial charge in [0.2, 0.25) is 0 Å².